The van der Waals surface area contributed by atoms with E-state index in [0.29, 0.717) is 42.1 Å². The Labute approximate surface area is 319 Å². The number of anilines is 2. The molecule has 8 rings (SSSR count). The number of halogens is 6. The Morgan fingerprint density at radius 1 is 1.16 bits per heavy atom. The van der Waals surface area contributed by atoms with Crippen LogP contribution in [0.15, 0.2) is 30.3 Å². The van der Waals surface area contributed by atoms with Gasteiger partial charge < -0.3 is 20.3 Å². The Bertz CT molecular complexity index is 2390. The van der Waals surface area contributed by atoms with Gasteiger partial charge in [-0.1, -0.05) is 6.07 Å². The van der Waals surface area contributed by atoms with Crippen LogP contribution in [0.3, 0.4) is 0 Å². The van der Waals surface area contributed by atoms with Crippen LogP contribution in [0.5, 0.6) is 6.01 Å². The molecular formula is C38H35F6N7O2S2. The van der Waals surface area contributed by atoms with Gasteiger partial charge in [-0.05, 0) is 69.5 Å². The number of nitriles is 1. The first kappa shape index (κ1) is 37.3. The van der Waals surface area contributed by atoms with Crippen molar-refractivity contribution in [2.75, 3.05) is 50.0 Å². The number of aromatic nitrogens is 2. The monoisotopic (exact) mass is 799 g/mol. The maximum absolute atomic E-state index is 17.3. The van der Waals surface area contributed by atoms with Crippen molar-refractivity contribution in [1.82, 2.24) is 19.8 Å². The van der Waals surface area contributed by atoms with Gasteiger partial charge in [0, 0.05) is 59.9 Å². The molecule has 0 spiro atoms. The fourth-order valence-corrected chi connectivity index (χ4v) is 10.4. The van der Waals surface area contributed by atoms with Crippen LogP contribution in [0.25, 0.3) is 32.1 Å². The highest BCUT2D eigenvalue weighted by Gasteiger charge is 2.49. The predicted molar refractivity (Wildman–Crippen MR) is 199 cm³/mol. The van der Waals surface area contributed by atoms with E-state index < -0.39 is 52.2 Å². The second-order valence-electron chi connectivity index (χ2n) is 14.3. The fraction of sp³-hybridized carbons (Fsp3) is 0.421. The minimum absolute atomic E-state index is 0.0240. The lowest BCUT2D eigenvalue weighted by Gasteiger charge is -2.32. The van der Waals surface area contributed by atoms with Crippen LogP contribution >= 0.6 is 22.7 Å². The predicted octanol–water partition coefficient (Wildman–Crippen LogP) is 8.33. The van der Waals surface area contributed by atoms with Crippen LogP contribution in [-0.4, -0.2) is 82.8 Å². The fourth-order valence-electron chi connectivity index (χ4n) is 8.58. The molecule has 1 amide bonds. The topological polar surface area (TPSA) is 112 Å². The molecule has 9 nitrogen and oxygen atoms in total. The number of benzene rings is 2. The molecule has 17 heteroatoms. The molecule has 0 bridgehead atoms. The van der Waals surface area contributed by atoms with E-state index in [9.17, 15) is 14.4 Å². The summed E-state index contributed by atoms with van der Waals surface area (Å²) in [6.45, 7) is 5.43. The van der Waals surface area contributed by atoms with Gasteiger partial charge in [-0.25, -0.2) is 13.2 Å². The van der Waals surface area contributed by atoms with Crippen molar-refractivity contribution < 1.29 is 35.9 Å². The molecule has 0 aliphatic carbocycles. The molecule has 3 aromatic heterocycles. The second-order valence-corrected chi connectivity index (χ2v) is 16.7. The highest BCUT2D eigenvalue weighted by atomic mass is 32.1. The molecule has 3 fully saturated rings. The van der Waals surface area contributed by atoms with Gasteiger partial charge in [0.05, 0.1) is 26.2 Å². The van der Waals surface area contributed by atoms with Crippen molar-refractivity contribution >= 4 is 60.4 Å². The van der Waals surface area contributed by atoms with E-state index in [2.05, 4.69) is 9.97 Å². The number of alkyl halides is 4. The van der Waals surface area contributed by atoms with Crippen molar-refractivity contribution in [2.24, 2.45) is 0 Å². The summed E-state index contributed by atoms with van der Waals surface area (Å²) in [6.07, 6.45) is -4.02. The van der Waals surface area contributed by atoms with E-state index in [1.54, 1.807) is 22.8 Å². The molecule has 0 unspecified atom stereocenters. The molecule has 288 valence electrons. The second kappa shape index (κ2) is 13.8. The van der Waals surface area contributed by atoms with Crippen molar-refractivity contribution in [1.29, 1.82) is 5.26 Å². The third kappa shape index (κ3) is 6.31. The van der Waals surface area contributed by atoms with Gasteiger partial charge in [-0.2, -0.15) is 28.4 Å². The molecule has 0 radical (unpaired) electrons. The number of carbonyl (C=O) groups is 1. The largest absolute Gasteiger partial charge is 0.461 e. The van der Waals surface area contributed by atoms with Crippen LogP contribution in [-0.2, 0) is 6.18 Å². The van der Waals surface area contributed by atoms with Gasteiger partial charge >= 0.3 is 12.2 Å². The Balaban J connectivity index is 1.30. The van der Waals surface area contributed by atoms with Gasteiger partial charge in [0.15, 0.2) is 5.82 Å². The molecular weight excluding hydrogens is 765 g/mol. The zero-order valence-electron chi connectivity index (χ0n) is 29.8. The van der Waals surface area contributed by atoms with Crippen LogP contribution in [0.4, 0.5) is 37.2 Å². The molecule has 3 saturated heterocycles. The summed E-state index contributed by atoms with van der Waals surface area (Å²) >= 11 is 2.05. The highest BCUT2D eigenvalue weighted by molar-refractivity contribution is 7.23. The van der Waals surface area contributed by atoms with E-state index >= 15 is 22.0 Å². The summed E-state index contributed by atoms with van der Waals surface area (Å²) < 4.78 is 98.5. The summed E-state index contributed by atoms with van der Waals surface area (Å²) in [4.78, 5) is 29.4. The Morgan fingerprint density at radius 2 is 1.96 bits per heavy atom. The minimum atomic E-state index is -5.13. The molecule has 5 aromatic rings. The molecule has 2 aromatic carbocycles. The van der Waals surface area contributed by atoms with Crippen molar-refractivity contribution in [2.45, 2.75) is 63.5 Å². The number of aryl methyl sites for hydroxylation is 1. The number of likely N-dealkylation sites (N-methyl/N-ethyl adjacent to an activating group) is 1. The van der Waals surface area contributed by atoms with E-state index in [1.807, 2.05) is 24.0 Å². The number of likely N-dealkylation sites (tertiary alicyclic amines) is 1. The van der Waals surface area contributed by atoms with Crippen LogP contribution < -0.4 is 15.4 Å². The Hall–Kier alpha value is -4.66. The highest BCUT2D eigenvalue weighted by Crippen LogP contribution is 2.48. The lowest BCUT2D eigenvalue weighted by Crippen LogP contribution is -2.43. The summed E-state index contributed by atoms with van der Waals surface area (Å²) in [6, 6.07) is 7.42. The normalized spacial score (nSPS) is 21.5. The number of carbonyl (C=O) groups excluding carboxylic acids is 1. The SMILES string of the molecule is CCN(c1nc(OC[C@@]23CCCN2C[C@H](F)C3)nc2c(F)c(-c3ccc(F)c4sc(N)c(C#N)c34)c(C(F)(F)F)cc12)[C@H]1CCN(C(=O)c2ccc(C)s2)C1. The first-order chi connectivity index (χ1) is 26.2. The number of fused-ring (bicyclic) bond motifs is 3. The van der Waals surface area contributed by atoms with Gasteiger partial charge in [0.1, 0.15) is 41.0 Å². The number of nitrogens with zero attached hydrogens (tertiary/aromatic N) is 6. The van der Waals surface area contributed by atoms with E-state index in [4.69, 9.17) is 10.5 Å². The van der Waals surface area contributed by atoms with E-state index in [0.717, 1.165) is 29.5 Å². The average molecular weight is 800 g/mol. The molecule has 2 N–H and O–H groups in total. The number of thiophene rings is 2. The molecule has 55 heavy (non-hydrogen) atoms. The summed E-state index contributed by atoms with van der Waals surface area (Å²) in [5, 5.41) is 9.27. The van der Waals surface area contributed by atoms with Crippen LogP contribution in [0.1, 0.15) is 58.3 Å². The van der Waals surface area contributed by atoms with E-state index in [1.165, 1.54) is 11.3 Å². The van der Waals surface area contributed by atoms with Crippen LogP contribution in [0.2, 0.25) is 0 Å². The number of rotatable bonds is 8. The number of nitrogens with two attached hydrogens (primary N) is 1. The standard InChI is InChI=1S/C38H35F6N7O2S2/c1-3-51(21-9-12-49(17-21)35(52)27-8-5-19(2)54-27)34-23-13-25(38(42,43)44)29(22-6-7-26(40)32-28(22)24(15-45)33(46)55-32)30(41)31(23)47-36(48-34)53-18-37-10-4-11-50(37)16-20(39)14-37/h5-8,13,20-21H,3-4,9-12,14,16-18,46H2,1-2H3/t20-,21+,37+/m1/s1. The van der Waals surface area contributed by atoms with Crippen molar-refractivity contribution in [3.05, 3.63) is 62.8 Å². The molecule has 6 heterocycles. The van der Waals surface area contributed by atoms with Gasteiger partial charge in [-0.3, -0.25) is 9.69 Å². The quantitative estimate of drug-likeness (QED) is 0.156. The summed E-state index contributed by atoms with van der Waals surface area (Å²) in [5.41, 5.74) is 1.90. The number of ether oxygens (including phenoxy) is 1. The van der Waals surface area contributed by atoms with Crippen molar-refractivity contribution in [3.8, 4) is 23.2 Å². The Kier molecular flexibility index (Phi) is 9.37. The zero-order valence-corrected chi connectivity index (χ0v) is 31.4. The van der Waals surface area contributed by atoms with E-state index in [-0.39, 0.29) is 82.0 Å². The molecule has 3 atom stereocenters. The maximum Gasteiger partial charge on any atom is 0.417 e. The number of nitrogen functional groups attached to an aromatic ring is 1. The maximum atomic E-state index is 17.3. The molecule has 3 aliphatic heterocycles. The van der Waals surface area contributed by atoms with Crippen LogP contribution in [0, 0.1) is 29.9 Å². The first-order valence-electron chi connectivity index (χ1n) is 17.9. The zero-order chi connectivity index (χ0) is 39.0. The lowest BCUT2D eigenvalue weighted by atomic mass is 9.92. The van der Waals surface area contributed by atoms with Gasteiger partial charge in [0.25, 0.3) is 5.91 Å². The number of hydrogen-bond donors (Lipinski definition) is 1. The lowest BCUT2D eigenvalue weighted by molar-refractivity contribution is -0.137. The first-order valence-corrected chi connectivity index (χ1v) is 19.5. The smallest absolute Gasteiger partial charge is 0.417 e. The number of hydrogen-bond acceptors (Lipinski definition) is 10. The Morgan fingerprint density at radius 3 is 2.67 bits per heavy atom. The minimum Gasteiger partial charge on any atom is -0.461 e. The molecule has 3 aliphatic rings. The summed E-state index contributed by atoms with van der Waals surface area (Å²) in [5.74, 6) is -2.39. The average Bonchev–Trinajstić information content (AvgIpc) is 3.97. The van der Waals surface area contributed by atoms with Gasteiger partial charge in [0.2, 0.25) is 0 Å². The molecule has 0 saturated carbocycles. The third-order valence-electron chi connectivity index (χ3n) is 11.1. The summed E-state index contributed by atoms with van der Waals surface area (Å²) in [7, 11) is 0. The number of amides is 1. The third-order valence-corrected chi connectivity index (χ3v) is 13.1. The van der Waals surface area contributed by atoms with Gasteiger partial charge in [-0.15, -0.1) is 22.7 Å². The van der Waals surface area contributed by atoms with Crippen molar-refractivity contribution in [3.63, 3.8) is 0 Å².